The number of hydrogen-bond donors (Lipinski definition) is 3. The molecule has 2 aromatic rings. The molecule has 0 aromatic heterocycles. The van der Waals surface area contributed by atoms with Gasteiger partial charge in [0.25, 0.3) is 0 Å². The lowest BCUT2D eigenvalue weighted by molar-refractivity contribution is -0.143. The minimum atomic E-state index is -0.767. The summed E-state index contributed by atoms with van der Waals surface area (Å²) in [6, 6.07) is 15.5. The molecule has 2 aromatic carbocycles. The van der Waals surface area contributed by atoms with Crippen LogP contribution in [0.25, 0.3) is 11.1 Å². The number of fused-ring (bicyclic) bond motifs is 3. The topological polar surface area (TPSA) is 105 Å². The largest absolute Gasteiger partial charge is 0.481 e. The van der Waals surface area contributed by atoms with Crippen LogP contribution >= 0.6 is 0 Å². The third-order valence-corrected chi connectivity index (χ3v) is 6.77. The van der Waals surface area contributed by atoms with Crippen LogP contribution in [0.2, 0.25) is 0 Å². The highest BCUT2D eigenvalue weighted by Crippen LogP contribution is 2.44. The summed E-state index contributed by atoms with van der Waals surface area (Å²) >= 11 is 0. The Morgan fingerprint density at radius 2 is 1.67 bits per heavy atom. The van der Waals surface area contributed by atoms with Crippen molar-refractivity contribution in [2.24, 2.45) is 11.8 Å². The maximum Gasteiger partial charge on any atom is 0.407 e. The van der Waals surface area contributed by atoms with Crippen LogP contribution in [0, 0.1) is 11.8 Å². The zero-order chi connectivity index (χ0) is 23.4. The Morgan fingerprint density at radius 3 is 2.30 bits per heavy atom. The van der Waals surface area contributed by atoms with Crippen LogP contribution in [0.3, 0.4) is 0 Å². The number of carbonyl (C=O) groups excluding carboxylic acids is 2. The van der Waals surface area contributed by atoms with E-state index in [-0.39, 0.29) is 30.3 Å². The molecule has 3 atom stereocenters. The van der Waals surface area contributed by atoms with Crippen LogP contribution in [0.4, 0.5) is 4.79 Å². The first-order valence-electron chi connectivity index (χ1n) is 11.6. The Bertz CT molecular complexity index is 991. The molecule has 0 spiro atoms. The average Bonchev–Trinajstić information content (AvgIpc) is 3.15. The lowest BCUT2D eigenvalue weighted by atomic mass is 9.81. The second-order valence-corrected chi connectivity index (χ2v) is 9.00. The number of benzene rings is 2. The summed E-state index contributed by atoms with van der Waals surface area (Å²) in [4.78, 5) is 36.0. The van der Waals surface area contributed by atoms with Gasteiger partial charge in [-0.05, 0) is 54.4 Å². The Morgan fingerprint density at radius 1 is 1.03 bits per heavy atom. The van der Waals surface area contributed by atoms with Gasteiger partial charge in [0.1, 0.15) is 12.6 Å². The standard InChI is InChI=1S/C26H30N2O5/c1-16(24(29)27-14-17-7-6-8-18(13-17)25(30)31)28-26(32)33-15-23-21-11-4-2-9-19(21)20-10-3-5-12-22(20)23/h2-5,9-12,16-18,23H,6-8,13-15H2,1H3,(H,27,29)(H,28,32)(H,30,31). The molecule has 0 heterocycles. The van der Waals surface area contributed by atoms with Gasteiger partial charge in [0.2, 0.25) is 5.91 Å². The monoisotopic (exact) mass is 450 g/mol. The molecule has 4 rings (SSSR count). The summed E-state index contributed by atoms with van der Waals surface area (Å²) in [5.74, 6) is -1.31. The number of nitrogens with one attached hydrogen (secondary N) is 2. The minimum Gasteiger partial charge on any atom is -0.481 e. The van der Waals surface area contributed by atoms with E-state index in [1.807, 2.05) is 24.3 Å². The fourth-order valence-electron chi connectivity index (χ4n) is 4.98. The van der Waals surface area contributed by atoms with E-state index in [4.69, 9.17) is 4.74 Å². The number of hydrogen-bond acceptors (Lipinski definition) is 4. The molecule has 1 saturated carbocycles. The molecule has 2 aliphatic carbocycles. The maximum absolute atomic E-state index is 12.4. The smallest absolute Gasteiger partial charge is 0.407 e. The van der Waals surface area contributed by atoms with Gasteiger partial charge in [0.15, 0.2) is 0 Å². The van der Waals surface area contributed by atoms with E-state index >= 15 is 0 Å². The van der Waals surface area contributed by atoms with Crippen LogP contribution in [0.1, 0.15) is 49.7 Å². The first-order chi connectivity index (χ1) is 15.9. The Hall–Kier alpha value is -3.35. The lowest BCUT2D eigenvalue weighted by Crippen LogP contribution is -2.46. The van der Waals surface area contributed by atoms with Gasteiger partial charge in [-0.25, -0.2) is 4.79 Å². The zero-order valence-electron chi connectivity index (χ0n) is 18.8. The average molecular weight is 451 g/mol. The maximum atomic E-state index is 12.4. The van der Waals surface area contributed by atoms with Gasteiger partial charge in [-0.2, -0.15) is 0 Å². The predicted octanol–water partition coefficient (Wildman–Crippen LogP) is 3.92. The van der Waals surface area contributed by atoms with Crippen molar-refractivity contribution in [2.75, 3.05) is 13.2 Å². The Kier molecular flexibility index (Phi) is 6.96. The van der Waals surface area contributed by atoms with Crippen LogP contribution in [0.5, 0.6) is 0 Å². The Labute approximate surface area is 193 Å². The summed E-state index contributed by atoms with van der Waals surface area (Å²) in [6.45, 7) is 2.21. The van der Waals surface area contributed by atoms with Crippen LogP contribution in [-0.4, -0.2) is 42.3 Å². The van der Waals surface area contributed by atoms with Crippen molar-refractivity contribution in [3.8, 4) is 11.1 Å². The van der Waals surface area contributed by atoms with E-state index < -0.39 is 18.1 Å². The van der Waals surface area contributed by atoms with Gasteiger partial charge in [0, 0.05) is 12.5 Å². The number of carboxylic acid groups (broad SMARTS) is 1. The SMILES string of the molecule is CC(NC(=O)OCC1c2ccccc2-c2ccccc21)C(=O)NCC1CCCC(C(=O)O)C1. The van der Waals surface area contributed by atoms with Crippen molar-refractivity contribution < 1.29 is 24.2 Å². The summed E-state index contributed by atoms with van der Waals surface area (Å²) < 4.78 is 5.50. The highest BCUT2D eigenvalue weighted by molar-refractivity contribution is 5.85. The second kappa shape index (κ2) is 10.1. The highest BCUT2D eigenvalue weighted by atomic mass is 16.5. The van der Waals surface area contributed by atoms with Crippen LogP contribution in [-0.2, 0) is 14.3 Å². The first kappa shape index (κ1) is 22.8. The quantitative estimate of drug-likeness (QED) is 0.593. The van der Waals surface area contributed by atoms with Gasteiger partial charge in [-0.1, -0.05) is 55.0 Å². The van der Waals surface area contributed by atoms with E-state index in [9.17, 15) is 19.5 Å². The van der Waals surface area contributed by atoms with E-state index in [0.29, 0.717) is 19.4 Å². The molecule has 2 amide bonds. The molecule has 7 heteroatoms. The summed E-state index contributed by atoms with van der Waals surface area (Å²) in [7, 11) is 0. The molecule has 174 valence electrons. The third-order valence-electron chi connectivity index (χ3n) is 6.77. The normalized spacial score (nSPS) is 20.3. The summed E-state index contributed by atoms with van der Waals surface area (Å²) in [6.07, 6.45) is 2.38. The van der Waals surface area contributed by atoms with Gasteiger partial charge in [0.05, 0.1) is 5.92 Å². The number of alkyl carbamates (subject to hydrolysis) is 1. The van der Waals surface area contributed by atoms with Crippen molar-refractivity contribution in [1.82, 2.24) is 10.6 Å². The molecule has 3 N–H and O–H groups in total. The predicted molar refractivity (Wildman–Crippen MR) is 124 cm³/mol. The molecule has 2 aliphatic rings. The number of carbonyl (C=O) groups is 3. The van der Waals surface area contributed by atoms with E-state index in [0.717, 1.165) is 35.1 Å². The molecule has 0 bridgehead atoms. The fraction of sp³-hybridized carbons (Fsp3) is 0.423. The molecule has 0 aliphatic heterocycles. The molecular formula is C26H30N2O5. The van der Waals surface area contributed by atoms with Gasteiger partial charge in [-0.3, -0.25) is 9.59 Å². The van der Waals surface area contributed by atoms with E-state index in [2.05, 4.69) is 34.9 Å². The van der Waals surface area contributed by atoms with Gasteiger partial charge >= 0.3 is 12.1 Å². The van der Waals surface area contributed by atoms with Crippen molar-refractivity contribution in [3.05, 3.63) is 59.7 Å². The summed E-state index contributed by atoms with van der Waals surface area (Å²) in [5.41, 5.74) is 4.57. The first-order valence-corrected chi connectivity index (χ1v) is 11.6. The molecule has 1 fully saturated rings. The molecule has 0 radical (unpaired) electrons. The Balaban J connectivity index is 1.26. The van der Waals surface area contributed by atoms with E-state index in [1.54, 1.807) is 6.92 Å². The molecule has 0 saturated heterocycles. The van der Waals surface area contributed by atoms with Crippen molar-refractivity contribution >= 4 is 18.0 Å². The molecular weight excluding hydrogens is 420 g/mol. The van der Waals surface area contributed by atoms with Gasteiger partial charge < -0.3 is 20.5 Å². The van der Waals surface area contributed by atoms with Crippen LogP contribution < -0.4 is 10.6 Å². The van der Waals surface area contributed by atoms with E-state index in [1.165, 1.54) is 0 Å². The number of rotatable bonds is 7. The van der Waals surface area contributed by atoms with Crippen molar-refractivity contribution in [3.63, 3.8) is 0 Å². The molecule has 7 nitrogen and oxygen atoms in total. The fourth-order valence-corrected chi connectivity index (χ4v) is 4.98. The number of aliphatic carboxylic acids is 1. The van der Waals surface area contributed by atoms with Gasteiger partial charge in [-0.15, -0.1) is 0 Å². The van der Waals surface area contributed by atoms with Crippen molar-refractivity contribution in [1.29, 1.82) is 0 Å². The molecule has 3 unspecified atom stereocenters. The van der Waals surface area contributed by atoms with Crippen LogP contribution in [0.15, 0.2) is 48.5 Å². The number of amides is 2. The lowest BCUT2D eigenvalue weighted by Gasteiger charge is -2.27. The molecule has 33 heavy (non-hydrogen) atoms. The zero-order valence-corrected chi connectivity index (χ0v) is 18.8. The number of ether oxygens (including phenoxy) is 1. The third kappa shape index (κ3) is 5.18. The highest BCUT2D eigenvalue weighted by Gasteiger charge is 2.30. The number of carboxylic acids is 1. The minimum absolute atomic E-state index is 0.0410. The second-order valence-electron chi connectivity index (χ2n) is 9.00. The van der Waals surface area contributed by atoms with Crippen molar-refractivity contribution in [2.45, 2.75) is 44.6 Å². The summed E-state index contributed by atoms with van der Waals surface area (Å²) in [5, 5.41) is 14.6.